The first kappa shape index (κ1) is 8.84. The van der Waals surface area contributed by atoms with Crippen molar-refractivity contribution in [3.05, 3.63) is 36.7 Å². The van der Waals surface area contributed by atoms with Crippen molar-refractivity contribution >= 4 is 16.9 Å². The van der Waals surface area contributed by atoms with Gasteiger partial charge >= 0.3 is 0 Å². The fraction of sp³-hybridized carbons (Fsp3) is 0. The number of fused-ring (bicyclic) bond motifs is 1. The number of aromatic amines is 1. The molecule has 5 heteroatoms. The van der Waals surface area contributed by atoms with Gasteiger partial charge in [-0.25, -0.2) is 15.0 Å². The summed E-state index contributed by atoms with van der Waals surface area (Å²) < 4.78 is 0. The van der Waals surface area contributed by atoms with Gasteiger partial charge < -0.3 is 10.7 Å². The summed E-state index contributed by atoms with van der Waals surface area (Å²) in [6.45, 7) is 0. The van der Waals surface area contributed by atoms with E-state index in [1.807, 2.05) is 24.3 Å². The van der Waals surface area contributed by atoms with E-state index in [0.717, 1.165) is 11.0 Å². The van der Waals surface area contributed by atoms with E-state index in [2.05, 4.69) is 19.9 Å². The minimum absolute atomic E-state index is 0.403. The molecule has 0 saturated carbocycles. The lowest BCUT2D eigenvalue weighted by Gasteiger charge is -1.94. The van der Waals surface area contributed by atoms with E-state index in [9.17, 15) is 0 Å². The fourth-order valence-electron chi connectivity index (χ4n) is 1.53. The van der Waals surface area contributed by atoms with Crippen molar-refractivity contribution in [1.82, 2.24) is 19.9 Å². The Morgan fingerprint density at radius 1 is 1.06 bits per heavy atom. The van der Waals surface area contributed by atoms with Gasteiger partial charge in [-0.15, -0.1) is 0 Å². The molecule has 2 aromatic heterocycles. The maximum Gasteiger partial charge on any atom is 0.158 e. The maximum absolute atomic E-state index is 5.48. The zero-order valence-electron chi connectivity index (χ0n) is 8.38. The number of H-pyrrole nitrogens is 1. The number of benzene rings is 1. The van der Waals surface area contributed by atoms with Crippen LogP contribution < -0.4 is 5.73 Å². The number of anilines is 1. The summed E-state index contributed by atoms with van der Waals surface area (Å²) in [6.07, 6.45) is 3.12. The first-order valence-electron chi connectivity index (χ1n) is 4.85. The van der Waals surface area contributed by atoms with Crippen LogP contribution in [0.5, 0.6) is 0 Å². The van der Waals surface area contributed by atoms with Crippen LogP contribution in [0.4, 0.5) is 5.82 Å². The molecule has 5 nitrogen and oxygen atoms in total. The Morgan fingerprint density at radius 2 is 1.94 bits per heavy atom. The van der Waals surface area contributed by atoms with Gasteiger partial charge in [-0.05, 0) is 12.1 Å². The fourth-order valence-corrected chi connectivity index (χ4v) is 1.53. The summed E-state index contributed by atoms with van der Waals surface area (Å²) >= 11 is 0. The minimum atomic E-state index is 0.403. The van der Waals surface area contributed by atoms with E-state index in [-0.39, 0.29) is 0 Å². The predicted octanol–water partition coefficient (Wildman–Crippen LogP) is 1.60. The molecule has 0 aliphatic carbocycles. The number of nitrogens with zero attached hydrogens (tertiary/aromatic N) is 3. The van der Waals surface area contributed by atoms with Crippen molar-refractivity contribution in [2.24, 2.45) is 0 Å². The Hall–Kier alpha value is -2.43. The van der Waals surface area contributed by atoms with Gasteiger partial charge in [-0.1, -0.05) is 12.1 Å². The van der Waals surface area contributed by atoms with E-state index in [1.165, 1.54) is 6.20 Å². The summed E-state index contributed by atoms with van der Waals surface area (Å²) in [5.41, 5.74) is 8.06. The molecule has 3 aromatic rings. The largest absolute Gasteiger partial charge is 0.382 e. The van der Waals surface area contributed by atoms with Crippen molar-refractivity contribution in [1.29, 1.82) is 0 Å². The van der Waals surface area contributed by atoms with Gasteiger partial charge in [0, 0.05) is 0 Å². The van der Waals surface area contributed by atoms with E-state index in [4.69, 9.17) is 5.73 Å². The normalized spacial score (nSPS) is 10.8. The molecule has 3 rings (SSSR count). The predicted molar refractivity (Wildman–Crippen MR) is 61.5 cm³/mol. The van der Waals surface area contributed by atoms with Crippen molar-refractivity contribution < 1.29 is 0 Å². The third-order valence-electron chi connectivity index (χ3n) is 2.30. The molecule has 0 atom stereocenters. The van der Waals surface area contributed by atoms with Crippen LogP contribution in [0.25, 0.3) is 22.6 Å². The molecule has 0 unspecified atom stereocenters. The van der Waals surface area contributed by atoms with Gasteiger partial charge in [0.2, 0.25) is 0 Å². The van der Waals surface area contributed by atoms with Gasteiger partial charge in [0.15, 0.2) is 5.82 Å². The van der Waals surface area contributed by atoms with Crippen LogP contribution in [-0.2, 0) is 0 Å². The Kier molecular flexibility index (Phi) is 1.83. The van der Waals surface area contributed by atoms with Gasteiger partial charge in [-0.2, -0.15) is 0 Å². The molecule has 0 radical (unpaired) electrons. The average molecular weight is 211 g/mol. The highest BCUT2D eigenvalue weighted by molar-refractivity contribution is 5.78. The molecule has 3 N–H and O–H groups in total. The first-order chi connectivity index (χ1) is 7.83. The average Bonchev–Trinajstić information content (AvgIpc) is 2.73. The Balaban J connectivity index is 2.15. The van der Waals surface area contributed by atoms with Gasteiger partial charge in [0.05, 0.1) is 23.4 Å². The second kappa shape index (κ2) is 3.30. The quantitative estimate of drug-likeness (QED) is 0.640. The van der Waals surface area contributed by atoms with Gasteiger partial charge in [0.25, 0.3) is 0 Å². The first-order valence-corrected chi connectivity index (χ1v) is 4.85. The molecule has 2 heterocycles. The third kappa shape index (κ3) is 1.38. The molecule has 0 aliphatic rings. The molecule has 1 aromatic carbocycles. The summed E-state index contributed by atoms with van der Waals surface area (Å²) in [6, 6.07) is 7.82. The van der Waals surface area contributed by atoms with Crippen LogP contribution >= 0.6 is 0 Å². The van der Waals surface area contributed by atoms with Crippen LogP contribution in [0, 0.1) is 0 Å². The highest BCUT2D eigenvalue weighted by Crippen LogP contribution is 2.17. The zero-order valence-corrected chi connectivity index (χ0v) is 8.38. The molecular weight excluding hydrogens is 202 g/mol. The van der Waals surface area contributed by atoms with Crippen LogP contribution in [0.1, 0.15) is 0 Å². The van der Waals surface area contributed by atoms with E-state index >= 15 is 0 Å². The highest BCUT2D eigenvalue weighted by Gasteiger charge is 2.05. The van der Waals surface area contributed by atoms with Crippen molar-refractivity contribution in [3.8, 4) is 11.5 Å². The number of hydrogen-bond acceptors (Lipinski definition) is 4. The van der Waals surface area contributed by atoms with Crippen molar-refractivity contribution in [2.75, 3.05) is 5.73 Å². The maximum atomic E-state index is 5.48. The Bertz CT molecular complexity index is 593. The lowest BCUT2D eigenvalue weighted by atomic mass is 10.3. The summed E-state index contributed by atoms with van der Waals surface area (Å²) in [5.74, 6) is 1.11. The van der Waals surface area contributed by atoms with Crippen molar-refractivity contribution in [2.45, 2.75) is 0 Å². The topological polar surface area (TPSA) is 80.5 Å². The van der Waals surface area contributed by atoms with Crippen LogP contribution in [0.15, 0.2) is 36.7 Å². The summed E-state index contributed by atoms with van der Waals surface area (Å²) in [7, 11) is 0. The second-order valence-electron chi connectivity index (χ2n) is 3.43. The lowest BCUT2D eigenvalue weighted by molar-refractivity contribution is 1.17. The number of nitrogens with one attached hydrogen (secondary N) is 1. The molecule has 0 bridgehead atoms. The number of hydrogen-bond donors (Lipinski definition) is 2. The number of aromatic nitrogens is 4. The molecular formula is C11H9N5. The number of nitrogens with two attached hydrogens (primary N) is 1. The number of nitrogen functional groups attached to an aromatic ring is 1. The van der Waals surface area contributed by atoms with Gasteiger partial charge in [0.1, 0.15) is 11.5 Å². The lowest BCUT2D eigenvalue weighted by Crippen LogP contribution is -1.93. The number of para-hydroxylation sites is 2. The molecule has 0 spiro atoms. The van der Waals surface area contributed by atoms with Crippen LogP contribution in [0.3, 0.4) is 0 Å². The highest BCUT2D eigenvalue weighted by atomic mass is 15.0. The molecule has 0 aliphatic heterocycles. The number of imidazole rings is 1. The van der Waals surface area contributed by atoms with E-state index in [1.54, 1.807) is 6.20 Å². The Labute approximate surface area is 91.4 Å². The molecule has 0 saturated heterocycles. The summed E-state index contributed by atoms with van der Waals surface area (Å²) in [5, 5.41) is 0. The molecule has 0 amide bonds. The standard InChI is InChI=1S/C11H9N5/c12-10-6-13-9(5-14-10)11-15-7-3-1-2-4-8(7)16-11/h1-6H,(H2,12,14)(H,15,16). The summed E-state index contributed by atoms with van der Waals surface area (Å²) in [4.78, 5) is 15.7. The van der Waals surface area contributed by atoms with Crippen molar-refractivity contribution in [3.63, 3.8) is 0 Å². The monoisotopic (exact) mass is 211 g/mol. The molecule has 0 fully saturated rings. The molecule has 16 heavy (non-hydrogen) atoms. The minimum Gasteiger partial charge on any atom is -0.382 e. The number of rotatable bonds is 1. The van der Waals surface area contributed by atoms with E-state index < -0.39 is 0 Å². The van der Waals surface area contributed by atoms with E-state index in [0.29, 0.717) is 17.3 Å². The zero-order chi connectivity index (χ0) is 11.0. The Morgan fingerprint density at radius 3 is 2.69 bits per heavy atom. The SMILES string of the molecule is Nc1cnc(-c2nc3ccccc3[nH]2)cn1. The van der Waals surface area contributed by atoms with Crippen LogP contribution in [-0.4, -0.2) is 19.9 Å². The van der Waals surface area contributed by atoms with Crippen LogP contribution in [0.2, 0.25) is 0 Å². The van der Waals surface area contributed by atoms with Gasteiger partial charge in [-0.3, -0.25) is 0 Å². The third-order valence-corrected chi connectivity index (χ3v) is 2.30. The molecule has 78 valence electrons. The second-order valence-corrected chi connectivity index (χ2v) is 3.43. The smallest absolute Gasteiger partial charge is 0.158 e.